The lowest BCUT2D eigenvalue weighted by molar-refractivity contribution is 0.272. The number of aromatic amines is 1. The molecule has 2 aromatic heterocycles. The molecule has 0 radical (unpaired) electrons. The van der Waals surface area contributed by atoms with Crippen molar-refractivity contribution >= 4 is 24.7 Å². The Morgan fingerprint density at radius 2 is 2.09 bits per heavy atom. The highest BCUT2D eigenvalue weighted by Crippen LogP contribution is 2.42. The van der Waals surface area contributed by atoms with Crippen molar-refractivity contribution in [3.05, 3.63) is 10.4 Å². The van der Waals surface area contributed by atoms with Crippen molar-refractivity contribution in [2.75, 3.05) is 18.5 Å². The Bertz CT molecular complexity index is 758. The van der Waals surface area contributed by atoms with Crippen molar-refractivity contribution in [1.29, 1.82) is 0 Å². The van der Waals surface area contributed by atoms with E-state index in [0.29, 0.717) is 18.6 Å². The topological polar surface area (TPSA) is 149 Å². The molecule has 0 bridgehead atoms. The van der Waals surface area contributed by atoms with Crippen LogP contribution in [-0.4, -0.2) is 42.6 Å². The van der Waals surface area contributed by atoms with Gasteiger partial charge < -0.3 is 15.2 Å². The first-order valence-electron chi connectivity index (χ1n) is 7.48. The van der Waals surface area contributed by atoms with Crippen molar-refractivity contribution in [3.8, 4) is 0 Å². The number of nitrogens with zero attached hydrogens (tertiary/aromatic N) is 4. The van der Waals surface area contributed by atoms with Gasteiger partial charge >= 0.3 is 7.60 Å². The number of aryl methyl sites for hydroxylation is 1. The van der Waals surface area contributed by atoms with Gasteiger partial charge in [-0.15, -0.1) is 5.10 Å². The third kappa shape index (κ3) is 4.85. The van der Waals surface area contributed by atoms with Gasteiger partial charge in [-0.1, -0.05) is 18.1 Å². The minimum atomic E-state index is -3.42. The first-order chi connectivity index (χ1) is 10.9. The van der Waals surface area contributed by atoms with Gasteiger partial charge in [0, 0.05) is 12.7 Å². The van der Waals surface area contributed by atoms with Gasteiger partial charge in [-0.3, -0.25) is 14.3 Å². The van der Waals surface area contributed by atoms with Gasteiger partial charge in [0.1, 0.15) is 0 Å². The van der Waals surface area contributed by atoms with Gasteiger partial charge in [0.2, 0.25) is 5.95 Å². The summed E-state index contributed by atoms with van der Waals surface area (Å²) < 4.78 is 17.8. The Morgan fingerprint density at radius 3 is 2.83 bits per heavy atom. The summed E-state index contributed by atoms with van der Waals surface area (Å²) in [6.45, 7) is 2.48. The molecule has 0 aliphatic carbocycles. The summed E-state index contributed by atoms with van der Waals surface area (Å²) in [4.78, 5) is 27.5. The smallest absolute Gasteiger partial charge is 0.328 e. The summed E-state index contributed by atoms with van der Waals surface area (Å²) in [6.07, 6.45) is 3.24. The normalized spacial score (nSPS) is 14.2. The number of rotatable bonds is 9. The van der Waals surface area contributed by atoms with Crippen LogP contribution in [0, 0.1) is 0 Å². The molecule has 0 aliphatic rings. The number of hydrogen-bond donors (Lipinski definition) is 3. The molecule has 2 heterocycles. The number of nitrogens with one attached hydrogen (secondary N) is 1. The zero-order chi connectivity index (χ0) is 16.9. The number of unbranched alkanes of at least 4 members (excludes halogenated alkanes) is 3. The van der Waals surface area contributed by atoms with Crippen molar-refractivity contribution in [2.45, 2.75) is 39.2 Å². The van der Waals surface area contributed by atoms with Crippen LogP contribution >= 0.6 is 7.60 Å². The maximum atomic E-state index is 11.6. The maximum Gasteiger partial charge on any atom is 0.328 e. The average molecular weight is 344 g/mol. The molecule has 2 aromatic rings. The Hall–Kier alpha value is -1.77. The zero-order valence-electron chi connectivity index (χ0n) is 12.9. The fraction of sp³-hybridized carbons (Fsp3) is 0.667. The molecule has 4 N–H and O–H groups in total. The highest BCUT2D eigenvalue weighted by molar-refractivity contribution is 7.52. The summed E-state index contributed by atoms with van der Waals surface area (Å²) in [5.74, 6) is 0.0284. The average Bonchev–Trinajstić information content (AvgIpc) is 2.86. The van der Waals surface area contributed by atoms with E-state index in [9.17, 15) is 14.3 Å². The maximum absolute atomic E-state index is 11.6. The molecule has 10 nitrogen and oxygen atoms in total. The number of aromatic nitrogens is 5. The van der Waals surface area contributed by atoms with E-state index in [1.54, 1.807) is 6.92 Å². The molecule has 0 aromatic carbocycles. The van der Waals surface area contributed by atoms with Gasteiger partial charge in [-0.2, -0.15) is 4.98 Å². The predicted octanol–water partition coefficient (Wildman–Crippen LogP) is 0.879. The first kappa shape index (κ1) is 17.6. The van der Waals surface area contributed by atoms with Gasteiger partial charge in [0.25, 0.3) is 5.56 Å². The third-order valence-electron chi connectivity index (χ3n) is 3.28. The standard InChI is InChI=1S/C12H21N6O4P/c1-2-22-23(20,21)8-6-4-3-5-7-18-10-9(16-17-18)11(19)15-12(13)14-10/h2-8H2,1H3,(H,20,21)(H3,13,14,15,19). The molecule has 2 rings (SSSR count). The molecule has 128 valence electrons. The van der Waals surface area contributed by atoms with Crippen LogP contribution in [0.2, 0.25) is 0 Å². The van der Waals surface area contributed by atoms with E-state index in [0.717, 1.165) is 19.3 Å². The van der Waals surface area contributed by atoms with Crippen molar-refractivity contribution in [1.82, 2.24) is 25.0 Å². The number of H-pyrrole nitrogens is 1. The summed E-state index contributed by atoms with van der Waals surface area (Å²) in [5, 5.41) is 7.69. The second kappa shape index (κ2) is 7.67. The van der Waals surface area contributed by atoms with E-state index in [4.69, 9.17) is 10.3 Å². The molecular weight excluding hydrogens is 323 g/mol. The number of nitrogens with two attached hydrogens (primary N) is 1. The van der Waals surface area contributed by atoms with Crippen LogP contribution in [-0.2, 0) is 15.6 Å². The largest absolute Gasteiger partial charge is 0.369 e. The monoisotopic (exact) mass is 344 g/mol. The number of fused-ring (bicyclic) bond motifs is 1. The zero-order valence-corrected chi connectivity index (χ0v) is 13.8. The van der Waals surface area contributed by atoms with Gasteiger partial charge in [-0.25, -0.2) is 4.68 Å². The SMILES string of the molecule is CCOP(=O)(O)CCCCCCn1nnc2c(=O)[nH]c(N)nc21. The Balaban J connectivity index is 1.79. The molecule has 0 spiro atoms. The fourth-order valence-corrected chi connectivity index (χ4v) is 3.38. The lowest BCUT2D eigenvalue weighted by Crippen LogP contribution is -2.12. The van der Waals surface area contributed by atoms with Crippen molar-refractivity contribution in [2.24, 2.45) is 0 Å². The van der Waals surface area contributed by atoms with Gasteiger partial charge in [0.15, 0.2) is 11.2 Å². The molecule has 1 unspecified atom stereocenters. The summed E-state index contributed by atoms with van der Waals surface area (Å²) >= 11 is 0. The van der Waals surface area contributed by atoms with Crippen molar-refractivity contribution in [3.63, 3.8) is 0 Å². The predicted molar refractivity (Wildman–Crippen MR) is 85.1 cm³/mol. The molecular formula is C12H21N6O4P. The number of anilines is 1. The molecule has 0 saturated carbocycles. The summed E-state index contributed by atoms with van der Waals surface area (Å²) in [6, 6.07) is 0. The van der Waals surface area contributed by atoms with Crippen LogP contribution < -0.4 is 11.3 Å². The third-order valence-corrected chi connectivity index (χ3v) is 4.83. The molecule has 23 heavy (non-hydrogen) atoms. The van der Waals surface area contributed by atoms with Crippen LogP contribution in [0.25, 0.3) is 11.2 Å². The second-order valence-electron chi connectivity index (χ2n) is 5.13. The molecule has 0 fully saturated rings. The van der Waals surface area contributed by atoms with Crippen LogP contribution in [0.5, 0.6) is 0 Å². The van der Waals surface area contributed by atoms with E-state index in [-0.39, 0.29) is 24.2 Å². The first-order valence-corrected chi connectivity index (χ1v) is 9.24. The van der Waals surface area contributed by atoms with Crippen LogP contribution in [0.4, 0.5) is 5.95 Å². The second-order valence-corrected chi connectivity index (χ2v) is 7.11. The minimum Gasteiger partial charge on any atom is -0.369 e. The Labute approximate surface area is 132 Å². The number of hydrogen-bond acceptors (Lipinski definition) is 7. The van der Waals surface area contributed by atoms with Gasteiger partial charge in [0.05, 0.1) is 6.61 Å². The van der Waals surface area contributed by atoms with E-state index in [1.807, 2.05) is 0 Å². The molecule has 0 aliphatic heterocycles. The van der Waals surface area contributed by atoms with E-state index in [1.165, 1.54) is 4.68 Å². The quantitative estimate of drug-likeness (QED) is 0.448. The van der Waals surface area contributed by atoms with Crippen LogP contribution in [0.3, 0.4) is 0 Å². The van der Waals surface area contributed by atoms with Crippen LogP contribution in [0.1, 0.15) is 32.6 Å². The number of nitrogen functional groups attached to an aromatic ring is 1. The van der Waals surface area contributed by atoms with E-state index < -0.39 is 13.2 Å². The minimum absolute atomic E-state index is 0.0284. The summed E-state index contributed by atoms with van der Waals surface area (Å²) in [7, 11) is -3.42. The molecule has 0 amide bonds. The molecule has 11 heteroatoms. The molecule has 1 atom stereocenters. The van der Waals surface area contributed by atoms with Gasteiger partial charge in [-0.05, 0) is 19.8 Å². The van der Waals surface area contributed by atoms with Crippen LogP contribution in [0.15, 0.2) is 4.79 Å². The highest BCUT2D eigenvalue weighted by Gasteiger charge is 2.17. The summed E-state index contributed by atoms with van der Waals surface area (Å²) in [5.41, 5.74) is 5.63. The molecule has 0 saturated heterocycles. The lowest BCUT2D eigenvalue weighted by Gasteiger charge is -2.10. The fourth-order valence-electron chi connectivity index (χ4n) is 2.23. The Kier molecular flexibility index (Phi) is 5.86. The van der Waals surface area contributed by atoms with Crippen molar-refractivity contribution < 1.29 is 14.0 Å². The lowest BCUT2D eigenvalue weighted by atomic mass is 10.2. The highest BCUT2D eigenvalue weighted by atomic mass is 31.2. The Morgan fingerprint density at radius 1 is 1.35 bits per heavy atom. The van der Waals surface area contributed by atoms with E-state index in [2.05, 4.69) is 20.3 Å². The van der Waals surface area contributed by atoms with E-state index >= 15 is 0 Å².